The SMILES string of the molecule is Cl.O=C(Cc1cccc(OCc2cccc(Cl)c2)c1)NCCC1CCNC1. The van der Waals surface area contributed by atoms with Gasteiger partial charge in [-0.15, -0.1) is 12.4 Å². The Morgan fingerprint density at radius 2 is 2.00 bits per heavy atom. The van der Waals surface area contributed by atoms with Gasteiger partial charge in [0.1, 0.15) is 12.4 Å². The van der Waals surface area contributed by atoms with Gasteiger partial charge in [0.2, 0.25) is 5.91 Å². The Balaban J connectivity index is 0.00000261. The first-order chi connectivity index (χ1) is 12.7. The number of rotatable bonds is 8. The van der Waals surface area contributed by atoms with E-state index in [2.05, 4.69) is 10.6 Å². The summed E-state index contributed by atoms with van der Waals surface area (Å²) >= 11 is 5.99. The standard InChI is InChI=1S/C21H25ClN2O2.ClH/c22-19-5-1-4-18(11-19)15-26-20-6-2-3-17(12-20)13-21(25)24-10-8-16-7-9-23-14-16;/h1-6,11-12,16,23H,7-10,13-15H2,(H,24,25);1H. The van der Waals surface area contributed by atoms with Gasteiger partial charge in [-0.05, 0) is 67.2 Å². The summed E-state index contributed by atoms with van der Waals surface area (Å²) in [6.45, 7) is 3.37. The molecule has 1 heterocycles. The third kappa shape index (κ3) is 7.41. The summed E-state index contributed by atoms with van der Waals surface area (Å²) in [5.74, 6) is 1.51. The summed E-state index contributed by atoms with van der Waals surface area (Å²) in [5, 5.41) is 7.07. The number of hydrogen-bond donors (Lipinski definition) is 2. The molecule has 1 aliphatic heterocycles. The second-order valence-corrected chi connectivity index (χ2v) is 7.18. The number of amides is 1. The molecular weight excluding hydrogens is 383 g/mol. The van der Waals surface area contributed by atoms with Crippen LogP contribution in [0.4, 0.5) is 0 Å². The van der Waals surface area contributed by atoms with Crippen molar-refractivity contribution < 1.29 is 9.53 Å². The molecule has 0 aromatic heterocycles. The Morgan fingerprint density at radius 3 is 2.78 bits per heavy atom. The second-order valence-electron chi connectivity index (χ2n) is 6.74. The monoisotopic (exact) mass is 408 g/mol. The number of carbonyl (C=O) groups is 1. The van der Waals surface area contributed by atoms with Crippen molar-refractivity contribution in [2.75, 3.05) is 19.6 Å². The molecule has 6 heteroatoms. The van der Waals surface area contributed by atoms with Crippen molar-refractivity contribution >= 4 is 29.9 Å². The van der Waals surface area contributed by atoms with Gasteiger partial charge in [0.25, 0.3) is 0 Å². The van der Waals surface area contributed by atoms with Crippen molar-refractivity contribution in [1.29, 1.82) is 0 Å². The molecule has 0 spiro atoms. The van der Waals surface area contributed by atoms with Crippen molar-refractivity contribution in [3.8, 4) is 5.75 Å². The van der Waals surface area contributed by atoms with Crippen LogP contribution in [0.25, 0.3) is 0 Å². The lowest BCUT2D eigenvalue weighted by atomic mass is 10.1. The fourth-order valence-corrected chi connectivity index (χ4v) is 3.38. The van der Waals surface area contributed by atoms with Crippen molar-refractivity contribution in [3.63, 3.8) is 0 Å². The highest BCUT2D eigenvalue weighted by atomic mass is 35.5. The van der Waals surface area contributed by atoms with Crippen molar-refractivity contribution in [3.05, 3.63) is 64.7 Å². The molecule has 4 nitrogen and oxygen atoms in total. The Bertz CT molecular complexity index is 734. The van der Waals surface area contributed by atoms with E-state index < -0.39 is 0 Å². The molecule has 1 fully saturated rings. The lowest BCUT2D eigenvalue weighted by Crippen LogP contribution is -2.27. The number of hydrogen-bond acceptors (Lipinski definition) is 3. The maximum Gasteiger partial charge on any atom is 0.224 e. The van der Waals surface area contributed by atoms with Gasteiger partial charge in [0.05, 0.1) is 6.42 Å². The summed E-state index contributed by atoms with van der Waals surface area (Å²) < 4.78 is 5.82. The van der Waals surface area contributed by atoms with E-state index in [4.69, 9.17) is 16.3 Å². The third-order valence-corrected chi connectivity index (χ3v) is 4.83. The quantitative estimate of drug-likeness (QED) is 0.693. The van der Waals surface area contributed by atoms with Gasteiger partial charge in [0, 0.05) is 11.6 Å². The van der Waals surface area contributed by atoms with Gasteiger partial charge in [-0.2, -0.15) is 0 Å². The summed E-state index contributed by atoms with van der Waals surface area (Å²) in [5.41, 5.74) is 1.97. The molecule has 2 aromatic rings. The summed E-state index contributed by atoms with van der Waals surface area (Å²) in [4.78, 5) is 12.1. The van der Waals surface area contributed by atoms with Crippen LogP contribution in [0.15, 0.2) is 48.5 Å². The average Bonchev–Trinajstić information content (AvgIpc) is 3.14. The molecule has 1 saturated heterocycles. The Morgan fingerprint density at radius 1 is 1.19 bits per heavy atom. The number of nitrogens with one attached hydrogen (secondary N) is 2. The van der Waals surface area contributed by atoms with Crippen LogP contribution in [-0.2, 0) is 17.8 Å². The second kappa shape index (κ2) is 11.2. The zero-order valence-corrected chi connectivity index (χ0v) is 16.8. The van der Waals surface area contributed by atoms with Crippen LogP contribution >= 0.6 is 24.0 Å². The lowest BCUT2D eigenvalue weighted by Gasteiger charge is -2.10. The molecule has 1 aliphatic rings. The van der Waals surface area contributed by atoms with Gasteiger partial charge in [0.15, 0.2) is 0 Å². The summed E-state index contributed by atoms with van der Waals surface area (Å²) in [7, 11) is 0. The molecule has 2 N–H and O–H groups in total. The van der Waals surface area contributed by atoms with Gasteiger partial charge >= 0.3 is 0 Å². The minimum atomic E-state index is 0. The highest BCUT2D eigenvalue weighted by Crippen LogP contribution is 2.17. The first-order valence-electron chi connectivity index (χ1n) is 9.12. The van der Waals surface area contributed by atoms with Crippen molar-refractivity contribution in [1.82, 2.24) is 10.6 Å². The highest BCUT2D eigenvalue weighted by molar-refractivity contribution is 6.30. The Hall–Kier alpha value is -1.75. The maximum atomic E-state index is 12.1. The minimum absolute atomic E-state index is 0. The fraction of sp³-hybridized carbons (Fsp3) is 0.381. The molecule has 3 rings (SSSR count). The molecular formula is C21H26Cl2N2O2. The molecule has 2 aromatic carbocycles. The van der Waals surface area contributed by atoms with Gasteiger partial charge in [-0.25, -0.2) is 0 Å². The van der Waals surface area contributed by atoms with Crippen LogP contribution in [0.2, 0.25) is 5.02 Å². The molecule has 0 saturated carbocycles. The first kappa shape index (κ1) is 21.5. The smallest absolute Gasteiger partial charge is 0.224 e. The van der Waals surface area contributed by atoms with E-state index in [1.165, 1.54) is 6.42 Å². The number of carbonyl (C=O) groups excluding carboxylic acids is 1. The van der Waals surface area contributed by atoms with E-state index in [1.54, 1.807) is 0 Å². The van der Waals surface area contributed by atoms with Crippen molar-refractivity contribution in [2.45, 2.75) is 25.9 Å². The van der Waals surface area contributed by atoms with E-state index in [-0.39, 0.29) is 18.3 Å². The lowest BCUT2D eigenvalue weighted by molar-refractivity contribution is -0.120. The van der Waals surface area contributed by atoms with Crippen LogP contribution in [0, 0.1) is 5.92 Å². The van der Waals surface area contributed by atoms with E-state index in [0.29, 0.717) is 24.0 Å². The molecule has 0 aliphatic carbocycles. The average molecular weight is 409 g/mol. The van der Waals surface area contributed by atoms with Crippen LogP contribution in [0.1, 0.15) is 24.0 Å². The summed E-state index contributed by atoms with van der Waals surface area (Å²) in [6, 6.07) is 15.3. The van der Waals surface area contributed by atoms with E-state index in [9.17, 15) is 4.79 Å². The molecule has 0 bridgehead atoms. The van der Waals surface area contributed by atoms with Crippen molar-refractivity contribution in [2.24, 2.45) is 5.92 Å². The first-order valence-corrected chi connectivity index (χ1v) is 9.50. The Kier molecular flexibility index (Phi) is 8.92. The molecule has 0 radical (unpaired) electrons. The molecule has 1 atom stereocenters. The molecule has 27 heavy (non-hydrogen) atoms. The predicted octanol–water partition coefficient (Wildman–Crippen LogP) is 4.00. The number of halogens is 2. The largest absolute Gasteiger partial charge is 0.489 e. The molecule has 146 valence electrons. The number of benzene rings is 2. The summed E-state index contributed by atoms with van der Waals surface area (Å²) in [6.07, 6.45) is 2.63. The number of ether oxygens (including phenoxy) is 1. The topological polar surface area (TPSA) is 50.4 Å². The van der Waals surface area contributed by atoms with Crippen LogP contribution in [0.3, 0.4) is 0 Å². The van der Waals surface area contributed by atoms with Crippen LogP contribution < -0.4 is 15.4 Å². The van der Waals surface area contributed by atoms with Gasteiger partial charge < -0.3 is 15.4 Å². The maximum absolute atomic E-state index is 12.1. The highest BCUT2D eigenvalue weighted by Gasteiger charge is 2.14. The fourth-order valence-electron chi connectivity index (χ4n) is 3.16. The zero-order valence-electron chi connectivity index (χ0n) is 15.2. The van der Waals surface area contributed by atoms with E-state index >= 15 is 0 Å². The zero-order chi connectivity index (χ0) is 18.2. The molecule has 1 amide bonds. The third-order valence-electron chi connectivity index (χ3n) is 4.59. The van der Waals surface area contributed by atoms with Crippen LogP contribution in [0.5, 0.6) is 5.75 Å². The predicted molar refractivity (Wildman–Crippen MR) is 112 cm³/mol. The van der Waals surface area contributed by atoms with Crippen LogP contribution in [-0.4, -0.2) is 25.5 Å². The minimum Gasteiger partial charge on any atom is -0.489 e. The molecule has 1 unspecified atom stereocenters. The van der Waals surface area contributed by atoms with E-state index in [0.717, 1.165) is 42.9 Å². The van der Waals surface area contributed by atoms with E-state index in [1.807, 2.05) is 48.5 Å². The Labute approximate surface area is 172 Å². The normalized spacial score (nSPS) is 15.8. The van der Waals surface area contributed by atoms with Gasteiger partial charge in [-0.3, -0.25) is 4.79 Å². The van der Waals surface area contributed by atoms with Gasteiger partial charge in [-0.1, -0.05) is 35.9 Å².